The van der Waals surface area contributed by atoms with E-state index in [1.165, 1.54) is 18.3 Å². The van der Waals surface area contributed by atoms with Crippen LogP contribution in [0.1, 0.15) is 16.1 Å². The van der Waals surface area contributed by atoms with Crippen molar-refractivity contribution in [2.24, 2.45) is 0 Å². The Hall–Kier alpha value is -3.79. The summed E-state index contributed by atoms with van der Waals surface area (Å²) < 4.78 is 0. The highest BCUT2D eigenvalue weighted by Gasteiger charge is 2.18. The van der Waals surface area contributed by atoms with E-state index in [9.17, 15) is 20.2 Å². The molecule has 0 aliphatic carbocycles. The van der Waals surface area contributed by atoms with Gasteiger partial charge in [0.1, 0.15) is 5.69 Å². The minimum absolute atomic E-state index is 0.127. The summed E-state index contributed by atoms with van der Waals surface area (Å²) in [6, 6.07) is 14.3. The first kappa shape index (κ1) is 15.1. The van der Waals surface area contributed by atoms with Crippen LogP contribution < -0.4 is 5.32 Å². The number of rotatable bonds is 3. The summed E-state index contributed by atoms with van der Waals surface area (Å²) >= 11 is 0. The average Bonchev–Trinajstić information content (AvgIpc) is 2.61. The number of aromatic nitrogens is 1. The molecule has 7 heteroatoms. The summed E-state index contributed by atoms with van der Waals surface area (Å²) in [7, 11) is 0. The zero-order valence-corrected chi connectivity index (χ0v) is 12.3. The fourth-order valence-corrected chi connectivity index (χ4v) is 2.43. The number of carbonyl (C=O) groups excluding carboxylic acids is 1. The Morgan fingerprint density at radius 1 is 1.17 bits per heavy atom. The van der Waals surface area contributed by atoms with Gasteiger partial charge in [-0.1, -0.05) is 12.1 Å². The number of nitrogens with zero attached hydrogens (tertiary/aromatic N) is 3. The van der Waals surface area contributed by atoms with Gasteiger partial charge in [0.25, 0.3) is 11.6 Å². The Labute approximate surface area is 136 Å². The normalized spacial score (nSPS) is 10.1. The van der Waals surface area contributed by atoms with Crippen LogP contribution in [0.3, 0.4) is 0 Å². The van der Waals surface area contributed by atoms with Gasteiger partial charge in [-0.25, -0.2) is 0 Å². The highest BCUT2D eigenvalue weighted by Crippen LogP contribution is 2.33. The zero-order chi connectivity index (χ0) is 17.1. The Bertz CT molecular complexity index is 994. The van der Waals surface area contributed by atoms with Crippen LogP contribution in [-0.2, 0) is 0 Å². The molecule has 0 atom stereocenters. The Kier molecular flexibility index (Phi) is 3.87. The van der Waals surface area contributed by atoms with Gasteiger partial charge in [0, 0.05) is 17.6 Å². The predicted octanol–water partition coefficient (Wildman–Crippen LogP) is 3.27. The van der Waals surface area contributed by atoms with Gasteiger partial charge in [0.15, 0.2) is 0 Å². The van der Waals surface area contributed by atoms with E-state index in [-0.39, 0.29) is 22.3 Å². The quantitative estimate of drug-likeness (QED) is 0.589. The molecule has 1 N–H and O–H groups in total. The van der Waals surface area contributed by atoms with Crippen molar-refractivity contribution in [1.29, 1.82) is 5.26 Å². The van der Waals surface area contributed by atoms with Gasteiger partial charge < -0.3 is 5.32 Å². The third kappa shape index (κ3) is 2.64. The molecule has 0 fully saturated rings. The van der Waals surface area contributed by atoms with Gasteiger partial charge in [-0.05, 0) is 30.3 Å². The molecule has 0 aliphatic heterocycles. The predicted molar refractivity (Wildman–Crippen MR) is 87.5 cm³/mol. The summed E-state index contributed by atoms with van der Waals surface area (Å²) in [5.74, 6) is -0.460. The molecule has 0 spiro atoms. The number of hydrogen-bond acceptors (Lipinski definition) is 5. The minimum atomic E-state index is -0.520. The van der Waals surface area contributed by atoms with E-state index in [2.05, 4.69) is 10.3 Å². The Balaban J connectivity index is 2.15. The van der Waals surface area contributed by atoms with Crippen molar-refractivity contribution in [3.05, 3.63) is 76.1 Å². The first-order valence-electron chi connectivity index (χ1n) is 6.94. The molecular formula is C17H10N4O3. The van der Waals surface area contributed by atoms with Crippen molar-refractivity contribution in [2.75, 3.05) is 5.32 Å². The van der Waals surface area contributed by atoms with E-state index in [0.717, 1.165) is 0 Å². The molecule has 0 aliphatic rings. The molecule has 116 valence electrons. The average molecular weight is 318 g/mol. The van der Waals surface area contributed by atoms with Gasteiger partial charge in [0.2, 0.25) is 0 Å². The summed E-state index contributed by atoms with van der Waals surface area (Å²) in [4.78, 5) is 26.9. The van der Waals surface area contributed by atoms with Gasteiger partial charge in [-0.2, -0.15) is 5.26 Å². The lowest BCUT2D eigenvalue weighted by Crippen LogP contribution is -2.14. The number of benzene rings is 2. The molecule has 0 bridgehead atoms. The molecule has 7 nitrogen and oxygen atoms in total. The number of anilines is 1. The van der Waals surface area contributed by atoms with Crippen LogP contribution in [0.4, 0.5) is 11.4 Å². The van der Waals surface area contributed by atoms with E-state index in [1.807, 2.05) is 6.07 Å². The maximum absolute atomic E-state index is 12.3. The second-order valence-electron chi connectivity index (χ2n) is 4.90. The van der Waals surface area contributed by atoms with Gasteiger partial charge >= 0.3 is 0 Å². The maximum Gasteiger partial charge on any atom is 0.277 e. The van der Waals surface area contributed by atoms with E-state index in [1.54, 1.807) is 36.4 Å². The zero-order valence-electron chi connectivity index (χ0n) is 12.3. The lowest BCUT2D eigenvalue weighted by Gasteiger charge is -2.10. The fraction of sp³-hybridized carbons (Fsp3) is 0. The lowest BCUT2D eigenvalue weighted by atomic mass is 10.0. The van der Waals surface area contributed by atoms with Crippen LogP contribution in [0.2, 0.25) is 0 Å². The number of fused-ring (bicyclic) bond motifs is 1. The number of nitrogens with one attached hydrogen (secondary N) is 1. The summed E-state index contributed by atoms with van der Waals surface area (Å²) in [5.41, 5.74) is 0.646. The molecule has 1 heterocycles. The summed E-state index contributed by atoms with van der Waals surface area (Å²) in [6.45, 7) is 0. The second-order valence-corrected chi connectivity index (χ2v) is 4.90. The van der Waals surface area contributed by atoms with Crippen LogP contribution in [0.25, 0.3) is 10.8 Å². The van der Waals surface area contributed by atoms with Crippen LogP contribution in [0, 0.1) is 21.4 Å². The smallest absolute Gasteiger partial charge is 0.277 e. The number of nitro benzene ring substituents is 1. The van der Waals surface area contributed by atoms with Gasteiger partial charge in [0.05, 0.1) is 27.6 Å². The SMILES string of the molecule is N#Cc1cccc2c([N+](=O)[O-])ccc(NC(=O)c3ccccn3)c12. The number of nitriles is 1. The van der Waals surface area contributed by atoms with Crippen LogP contribution in [0.15, 0.2) is 54.7 Å². The van der Waals surface area contributed by atoms with Gasteiger partial charge in [-0.3, -0.25) is 19.9 Å². The number of hydrogen-bond donors (Lipinski definition) is 1. The first-order valence-corrected chi connectivity index (χ1v) is 6.94. The van der Waals surface area contributed by atoms with E-state index >= 15 is 0 Å². The van der Waals surface area contributed by atoms with Crippen molar-refractivity contribution < 1.29 is 9.72 Å². The number of carbonyl (C=O) groups is 1. The molecule has 1 amide bonds. The molecule has 3 rings (SSSR count). The topological polar surface area (TPSA) is 109 Å². The third-order valence-electron chi connectivity index (χ3n) is 3.48. The number of non-ortho nitro benzene ring substituents is 1. The maximum atomic E-state index is 12.3. The Morgan fingerprint density at radius 2 is 2.00 bits per heavy atom. The van der Waals surface area contributed by atoms with E-state index in [4.69, 9.17) is 0 Å². The van der Waals surface area contributed by atoms with Gasteiger partial charge in [-0.15, -0.1) is 0 Å². The van der Waals surface area contributed by atoms with Crippen molar-refractivity contribution in [2.45, 2.75) is 0 Å². The Morgan fingerprint density at radius 3 is 2.67 bits per heavy atom. The molecule has 0 saturated heterocycles. The van der Waals surface area contributed by atoms with Crippen LogP contribution in [0.5, 0.6) is 0 Å². The molecule has 1 aromatic heterocycles. The second kappa shape index (κ2) is 6.14. The third-order valence-corrected chi connectivity index (χ3v) is 3.48. The highest BCUT2D eigenvalue weighted by molar-refractivity contribution is 6.11. The molecule has 0 saturated carbocycles. The fourth-order valence-electron chi connectivity index (χ4n) is 2.43. The molecular weight excluding hydrogens is 308 g/mol. The minimum Gasteiger partial charge on any atom is -0.320 e. The van der Waals surface area contributed by atoms with Crippen LogP contribution >= 0.6 is 0 Å². The molecule has 0 radical (unpaired) electrons. The largest absolute Gasteiger partial charge is 0.320 e. The molecule has 3 aromatic rings. The molecule has 24 heavy (non-hydrogen) atoms. The number of pyridine rings is 1. The number of nitro groups is 1. The van der Waals surface area contributed by atoms with Crippen molar-refractivity contribution in [3.63, 3.8) is 0 Å². The monoisotopic (exact) mass is 318 g/mol. The highest BCUT2D eigenvalue weighted by atomic mass is 16.6. The van der Waals surface area contributed by atoms with E-state index in [0.29, 0.717) is 11.1 Å². The lowest BCUT2D eigenvalue weighted by molar-refractivity contribution is -0.383. The summed E-state index contributed by atoms with van der Waals surface area (Å²) in [6.07, 6.45) is 1.49. The van der Waals surface area contributed by atoms with Crippen molar-refractivity contribution >= 4 is 28.1 Å². The van der Waals surface area contributed by atoms with E-state index < -0.39 is 10.8 Å². The van der Waals surface area contributed by atoms with Crippen molar-refractivity contribution in [1.82, 2.24) is 4.98 Å². The standard InChI is InChI=1S/C17H10N4O3/c18-10-11-4-3-5-12-15(21(23)24)8-7-13(16(11)12)20-17(22)14-6-1-2-9-19-14/h1-9H,(H,20,22). The van der Waals surface area contributed by atoms with Crippen LogP contribution in [-0.4, -0.2) is 15.8 Å². The number of amides is 1. The first-order chi connectivity index (χ1) is 11.6. The summed E-state index contributed by atoms with van der Waals surface area (Å²) in [5, 5.41) is 23.8. The molecule has 0 unspecified atom stereocenters. The molecule has 2 aromatic carbocycles. The van der Waals surface area contributed by atoms with Crippen molar-refractivity contribution in [3.8, 4) is 6.07 Å².